The number of nitrogens with one attached hydrogen (secondary N) is 1. The fraction of sp³-hybridized carbons (Fsp3) is 0.391. The Labute approximate surface area is 173 Å². The van der Waals surface area contributed by atoms with Gasteiger partial charge in [-0.25, -0.2) is 9.18 Å². The van der Waals surface area contributed by atoms with E-state index in [4.69, 9.17) is 5.73 Å². The Morgan fingerprint density at radius 1 is 1.17 bits per heavy atom. The van der Waals surface area contributed by atoms with Crippen LogP contribution in [0, 0.1) is 18.7 Å². The van der Waals surface area contributed by atoms with Crippen molar-refractivity contribution in [3.05, 3.63) is 79.9 Å². The lowest BCUT2D eigenvalue weighted by atomic mass is 9.93. The number of aromatic nitrogens is 2. The number of nitrogens with zero attached hydrogens (tertiary/aromatic N) is 2. The number of rotatable bonds is 4. The highest BCUT2D eigenvalue weighted by molar-refractivity contribution is 5.72. The van der Waals surface area contributed by atoms with Gasteiger partial charge in [-0.15, -0.1) is 0 Å². The number of benzene rings is 1. The molecule has 2 unspecified atom stereocenters. The smallest absolute Gasteiger partial charge is 0.333 e. The first kappa shape index (κ1) is 19.1. The summed E-state index contributed by atoms with van der Waals surface area (Å²) in [6.45, 7) is 3.13. The third-order valence-electron chi connectivity index (χ3n) is 6.58. The van der Waals surface area contributed by atoms with Gasteiger partial charge in [0, 0.05) is 30.3 Å². The maximum absolute atomic E-state index is 15.2. The van der Waals surface area contributed by atoms with Crippen LogP contribution < -0.4 is 21.9 Å². The van der Waals surface area contributed by atoms with Crippen molar-refractivity contribution < 1.29 is 4.39 Å². The fourth-order valence-electron chi connectivity index (χ4n) is 4.91. The molecule has 156 valence electrons. The second-order valence-electron chi connectivity index (χ2n) is 8.55. The van der Waals surface area contributed by atoms with Gasteiger partial charge in [0.1, 0.15) is 0 Å². The fourth-order valence-corrected chi connectivity index (χ4v) is 4.91. The van der Waals surface area contributed by atoms with Crippen LogP contribution in [0.3, 0.4) is 0 Å². The molecule has 2 aromatic heterocycles. The van der Waals surface area contributed by atoms with E-state index in [1.807, 2.05) is 42.2 Å². The first-order valence-electron chi connectivity index (χ1n) is 10.5. The third kappa shape index (κ3) is 3.04. The first-order valence-corrected chi connectivity index (χ1v) is 10.5. The Morgan fingerprint density at radius 2 is 1.90 bits per heavy atom. The van der Waals surface area contributed by atoms with Gasteiger partial charge in [0.25, 0.3) is 5.56 Å². The molecule has 0 amide bonds. The number of fused-ring (bicyclic) bond motifs is 1. The van der Waals surface area contributed by atoms with Crippen LogP contribution in [0.5, 0.6) is 0 Å². The molecule has 0 radical (unpaired) electrons. The number of halogens is 1. The highest BCUT2D eigenvalue weighted by Crippen LogP contribution is 2.42. The minimum absolute atomic E-state index is 0.118. The van der Waals surface area contributed by atoms with E-state index in [1.165, 1.54) is 10.6 Å². The molecule has 3 aromatic rings. The molecule has 2 aliphatic rings. The van der Waals surface area contributed by atoms with Crippen LogP contribution in [0.15, 0.2) is 46.1 Å². The van der Waals surface area contributed by atoms with Crippen molar-refractivity contribution in [2.45, 2.75) is 38.1 Å². The molecule has 2 atom stereocenters. The summed E-state index contributed by atoms with van der Waals surface area (Å²) in [5, 5.41) is 0. The van der Waals surface area contributed by atoms with E-state index in [0.717, 1.165) is 24.8 Å². The summed E-state index contributed by atoms with van der Waals surface area (Å²) in [6, 6.07) is 9.85. The van der Waals surface area contributed by atoms with Crippen molar-refractivity contribution >= 4 is 11.2 Å². The van der Waals surface area contributed by atoms with Crippen molar-refractivity contribution in [2.24, 2.45) is 11.7 Å². The number of pyridine rings is 1. The topological polar surface area (TPSA) is 83.6 Å². The lowest BCUT2D eigenvalue weighted by Crippen LogP contribution is -2.31. The molecule has 0 spiro atoms. The molecule has 7 heteroatoms. The molecule has 1 saturated heterocycles. The number of aryl methyl sites for hydroxylation is 1. The number of nitrogens with two attached hydrogens (primary N) is 1. The molecule has 3 heterocycles. The van der Waals surface area contributed by atoms with Gasteiger partial charge in [-0.05, 0) is 43.6 Å². The number of anilines is 1. The number of hydrogen-bond acceptors (Lipinski definition) is 4. The first-order chi connectivity index (χ1) is 14.5. The minimum Gasteiger partial charge on any atom is -0.368 e. The molecule has 2 fully saturated rings. The SMILES string of the molecule is Cc1c(N2CCC(C(N)c3ccccc3)C2)c(F)cn2c(=O)[nH]c(=O)c(C3CC3)c12. The lowest BCUT2D eigenvalue weighted by Gasteiger charge is -2.25. The van der Waals surface area contributed by atoms with Gasteiger partial charge in [0.15, 0.2) is 5.82 Å². The van der Waals surface area contributed by atoms with Gasteiger partial charge < -0.3 is 10.6 Å². The average Bonchev–Trinajstić information content (AvgIpc) is 3.45. The molecule has 0 bridgehead atoms. The molecule has 1 aliphatic heterocycles. The third-order valence-corrected chi connectivity index (χ3v) is 6.58. The predicted octanol–water partition coefficient (Wildman–Crippen LogP) is 2.84. The van der Waals surface area contributed by atoms with E-state index >= 15 is 4.39 Å². The largest absolute Gasteiger partial charge is 0.368 e. The van der Waals surface area contributed by atoms with Crippen molar-refractivity contribution in [3.63, 3.8) is 0 Å². The Morgan fingerprint density at radius 3 is 2.60 bits per heavy atom. The summed E-state index contributed by atoms with van der Waals surface area (Å²) in [6.07, 6.45) is 3.91. The Kier molecular flexibility index (Phi) is 4.50. The summed E-state index contributed by atoms with van der Waals surface area (Å²) < 4.78 is 16.4. The molecule has 1 aliphatic carbocycles. The molecule has 5 rings (SSSR count). The molecular weight excluding hydrogens is 383 g/mol. The van der Waals surface area contributed by atoms with E-state index in [9.17, 15) is 9.59 Å². The molecule has 1 saturated carbocycles. The van der Waals surface area contributed by atoms with E-state index in [1.54, 1.807) is 0 Å². The van der Waals surface area contributed by atoms with E-state index in [2.05, 4.69) is 4.98 Å². The number of H-pyrrole nitrogens is 1. The second kappa shape index (κ2) is 7.09. The summed E-state index contributed by atoms with van der Waals surface area (Å²) in [7, 11) is 0. The Hall–Kier alpha value is -2.93. The molecular formula is C23H25FN4O2. The minimum atomic E-state index is -0.599. The normalized spacial score (nSPS) is 20.1. The van der Waals surface area contributed by atoms with Crippen molar-refractivity contribution in [1.29, 1.82) is 0 Å². The Balaban J connectivity index is 1.56. The average molecular weight is 408 g/mol. The van der Waals surface area contributed by atoms with Crippen LogP contribution in [0.25, 0.3) is 5.52 Å². The quantitative estimate of drug-likeness (QED) is 0.695. The standard InChI is InChI=1S/C23H25FN4O2/c1-13-20(27-10-9-16(11-27)19(25)15-5-3-2-4-6-15)17(24)12-28-21(13)18(14-7-8-14)22(29)26-23(28)30/h2-6,12,14,16,19H,7-11,25H2,1H3,(H,26,29,30). The van der Waals surface area contributed by atoms with Crippen LogP contribution in [0.4, 0.5) is 10.1 Å². The molecule has 6 nitrogen and oxygen atoms in total. The van der Waals surface area contributed by atoms with E-state index in [-0.39, 0.29) is 23.4 Å². The highest BCUT2D eigenvalue weighted by atomic mass is 19.1. The second-order valence-corrected chi connectivity index (χ2v) is 8.55. The zero-order valence-electron chi connectivity index (χ0n) is 16.9. The predicted molar refractivity (Wildman–Crippen MR) is 115 cm³/mol. The maximum Gasteiger partial charge on any atom is 0.333 e. The van der Waals surface area contributed by atoms with Gasteiger partial charge in [0.2, 0.25) is 0 Å². The lowest BCUT2D eigenvalue weighted by molar-refractivity contribution is 0.474. The number of aromatic amines is 1. The van der Waals surface area contributed by atoms with Crippen LogP contribution in [0.2, 0.25) is 0 Å². The summed E-state index contributed by atoms with van der Waals surface area (Å²) >= 11 is 0. The highest BCUT2D eigenvalue weighted by Gasteiger charge is 2.34. The van der Waals surface area contributed by atoms with Crippen molar-refractivity contribution in [3.8, 4) is 0 Å². The van der Waals surface area contributed by atoms with Gasteiger partial charge in [0.05, 0.1) is 17.4 Å². The van der Waals surface area contributed by atoms with Crippen LogP contribution in [-0.2, 0) is 0 Å². The van der Waals surface area contributed by atoms with E-state index < -0.39 is 11.5 Å². The van der Waals surface area contributed by atoms with Gasteiger partial charge >= 0.3 is 5.69 Å². The molecule has 30 heavy (non-hydrogen) atoms. The van der Waals surface area contributed by atoms with Gasteiger partial charge in [-0.2, -0.15) is 0 Å². The Bertz CT molecular complexity index is 1230. The maximum atomic E-state index is 15.2. The molecule has 3 N–H and O–H groups in total. The summed E-state index contributed by atoms with van der Waals surface area (Å²) in [4.78, 5) is 29.2. The summed E-state index contributed by atoms with van der Waals surface area (Å²) in [5.41, 5.74) is 8.91. The van der Waals surface area contributed by atoms with Crippen LogP contribution in [-0.4, -0.2) is 22.5 Å². The van der Waals surface area contributed by atoms with Crippen molar-refractivity contribution in [2.75, 3.05) is 18.0 Å². The zero-order valence-corrected chi connectivity index (χ0v) is 16.9. The summed E-state index contributed by atoms with van der Waals surface area (Å²) in [5.74, 6) is -0.115. The number of hydrogen-bond donors (Lipinski definition) is 2. The van der Waals surface area contributed by atoms with Crippen LogP contribution >= 0.6 is 0 Å². The zero-order chi connectivity index (χ0) is 21.0. The van der Waals surface area contributed by atoms with Crippen molar-refractivity contribution in [1.82, 2.24) is 9.38 Å². The van der Waals surface area contributed by atoms with Gasteiger partial charge in [-0.1, -0.05) is 30.3 Å². The van der Waals surface area contributed by atoms with Gasteiger partial charge in [-0.3, -0.25) is 14.2 Å². The monoisotopic (exact) mass is 408 g/mol. The molecule has 1 aromatic carbocycles. The van der Waals surface area contributed by atoms with E-state index in [0.29, 0.717) is 35.4 Å². The van der Waals surface area contributed by atoms with Crippen LogP contribution in [0.1, 0.15) is 47.9 Å².